The molecule has 1 amide bonds. The lowest BCUT2D eigenvalue weighted by Gasteiger charge is -2.05. The average molecular weight is 313 g/mol. The van der Waals surface area contributed by atoms with Crippen molar-refractivity contribution in [1.29, 1.82) is 0 Å². The number of nitrogens with one attached hydrogen (secondary N) is 1. The summed E-state index contributed by atoms with van der Waals surface area (Å²) < 4.78 is 35.5. The Kier molecular flexibility index (Phi) is 6.34. The average Bonchev–Trinajstić information content (AvgIpc) is 2.41. The number of benzene rings is 1. The molecule has 0 saturated carbocycles. The molecule has 7 heteroatoms. The van der Waals surface area contributed by atoms with Gasteiger partial charge in [-0.15, -0.1) is 0 Å². The van der Waals surface area contributed by atoms with Crippen LogP contribution in [0.25, 0.3) is 0 Å². The van der Waals surface area contributed by atoms with Gasteiger partial charge in [-0.2, -0.15) is 0 Å². The van der Waals surface area contributed by atoms with Crippen molar-refractivity contribution in [2.24, 2.45) is 0 Å². The Morgan fingerprint density at radius 3 is 2.71 bits per heavy atom. The molecule has 0 aliphatic rings. The minimum absolute atomic E-state index is 0.0165. The third kappa shape index (κ3) is 6.38. The Morgan fingerprint density at radius 1 is 1.43 bits per heavy atom. The summed E-state index contributed by atoms with van der Waals surface area (Å²) in [5, 5.41) is 11.1. The van der Waals surface area contributed by atoms with Crippen LogP contribution in [0.2, 0.25) is 0 Å². The molecule has 0 fully saturated rings. The van der Waals surface area contributed by atoms with E-state index in [4.69, 9.17) is 5.11 Å². The fourth-order valence-corrected chi connectivity index (χ4v) is 2.20. The van der Waals surface area contributed by atoms with Gasteiger partial charge in [-0.1, -0.05) is 11.8 Å². The second-order valence-electron chi connectivity index (χ2n) is 4.39. The van der Waals surface area contributed by atoms with Gasteiger partial charge < -0.3 is 10.4 Å². The lowest BCUT2D eigenvalue weighted by molar-refractivity contribution is 0.0953. The lowest BCUT2D eigenvalue weighted by Crippen LogP contribution is -2.26. The number of halogens is 1. The molecule has 2 N–H and O–H groups in total. The van der Waals surface area contributed by atoms with Crippen LogP contribution < -0.4 is 5.32 Å². The standard InChI is InChI=1S/C14H16FNO4S/c1-21(19,20)9-3-7-16-14(18)12-6-5-11(4-2-8-17)13(15)10-12/h5-6,10,17H,3,7-9H2,1H3,(H,16,18). The van der Waals surface area contributed by atoms with E-state index < -0.39 is 21.6 Å². The first-order chi connectivity index (χ1) is 9.83. The highest BCUT2D eigenvalue weighted by Crippen LogP contribution is 2.09. The van der Waals surface area contributed by atoms with Crippen LogP contribution in [0.1, 0.15) is 22.3 Å². The maximum atomic E-state index is 13.6. The van der Waals surface area contributed by atoms with Crippen molar-refractivity contribution in [1.82, 2.24) is 5.32 Å². The first-order valence-electron chi connectivity index (χ1n) is 6.18. The molecule has 0 unspecified atom stereocenters. The maximum Gasteiger partial charge on any atom is 0.251 e. The van der Waals surface area contributed by atoms with Crippen molar-refractivity contribution in [3.63, 3.8) is 0 Å². The fraction of sp³-hybridized carbons (Fsp3) is 0.357. The predicted octanol–water partition coefficient (Wildman–Crippen LogP) is 0.334. The van der Waals surface area contributed by atoms with Gasteiger partial charge in [0, 0.05) is 18.4 Å². The molecule has 1 rings (SSSR count). The maximum absolute atomic E-state index is 13.6. The van der Waals surface area contributed by atoms with Gasteiger partial charge in [0.1, 0.15) is 22.3 Å². The van der Waals surface area contributed by atoms with Crippen molar-refractivity contribution in [3.8, 4) is 11.8 Å². The summed E-state index contributed by atoms with van der Waals surface area (Å²) in [5.74, 6) is 3.59. The zero-order valence-corrected chi connectivity index (χ0v) is 12.3. The molecular formula is C14H16FNO4S. The van der Waals surface area contributed by atoms with Crippen LogP contribution in [0, 0.1) is 17.7 Å². The van der Waals surface area contributed by atoms with Gasteiger partial charge in [0.25, 0.3) is 5.91 Å². The third-order valence-electron chi connectivity index (χ3n) is 2.51. The number of aliphatic hydroxyl groups excluding tert-OH is 1. The Bertz CT molecular complexity index is 674. The Hall–Kier alpha value is -1.91. The topological polar surface area (TPSA) is 83.5 Å². The molecule has 1 aromatic rings. The molecule has 0 heterocycles. The van der Waals surface area contributed by atoms with Gasteiger partial charge in [0.05, 0.1) is 11.3 Å². The SMILES string of the molecule is CS(=O)(=O)CCCNC(=O)c1ccc(C#CCO)c(F)c1. The van der Waals surface area contributed by atoms with Crippen LogP contribution in [0.15, 0.2) is 18.2 Å². The van der Waals surface area contributed by atoms with Crippen LogP contribution in [0.3, 0.4) is 0 Å². The lowest BCUT2D eigenvalue weighted by atomic mass is 10.1. The van der Waals surface area contributed by atoms with E-state index in [1.165, 1.54) is 12.1 Å². The largest absolute Gasteiger partial charge is 0.384 e. The fourth-order valence-electron chi connectivity index (χ4n) is 1.53. The van der Waals surface area contributed by atoms with Crippen molar-refractivity contribution in [2.75, 3.05) is 25.2 Å². The molecule has 1 aromatic carbocycles. The van der Waals surface area contributed by atoms with E-state index in [0.717, 1.165) is 12.3 Å². The van der Waals surface area contributed by atoms with Crippen LogP contribution in [-0.4, -0.2) is 44.6 Å². The van der Waals surface area contributed by atoms with E-state index in [9.17, 15) is 17.6 Å². The molecule has 0 radical (unpaired) electrons. The number of aliphatic hydroxyl groups is 1. The van der Waals surface area contributed by atoms with Gasteiger partial charge in [0.2, 0.25) is 0 Å². The Labute approximate surface area is 123 Å². The normalized spacial score (nSPS) is 10.6. The van der Waals surface area contributed by atoms with Crippen LogP contribution in [0.4, 0.5) is 4.39 Å². The number of amides is 1. The zero-order valence-electron chi connectivity index (χ0n) is 11.5. The van der Waals surface area contributed by atoms with Crippen molar-refractivity contribution in [3.05, 3.63) is 35.1 Å². The summed E-state index contributed by atoms with van der Waals surface area (Å²) in [5.41, 5.74) is 0.221. The summed E-state index contributed by atoms with van der Waals surface area (Å²) in [7, 11) is -3.05. The molecule has 21 heavy (non-hydrogen) atoms. The molecule has 0 atom stereocenters. The molecule has 114 valence electrons. The van der Waals surface area contributed by atoms with Gasteiger partial charge >= 0.3 is 0 Å². The number of hydrogen-bond acceptors (Lipinski definition) is 4. The molecule has 0 aromatic heterocycles. The van der Waals surface area contributed by atoms with Gasteiger partial charge in [0.15, 0.2) is 0 Å². The van der Waals surface area contributed by atoms with Crippen LogP contribution >= 0.6 is 0 Å². The number of carbonyl (C=O) groups is 1. The minimum atomic E-state index is -3.05. The van der Waals surface area contributed by atoms with Gasteiger partial charge in [-0.3, -0.25) is 4.79 Å². The smallest absolute Gasteiger partial charge is 0.251 e. The summed E-state index contributed by atoms with van der Waals surface area (Å²) in [6.45, 7) is -0.179. The van der Waals surface area contributed by atoms with E-state index in [1.807, 2.05) is 0 Å². The van der Waals surface area contributed by atoms with Crippen LogP contribution in [-0.2, 0) is 9.84 Å². The summed E-state index contributed by atoms with van der Waals surface area (Å²) in [4.78, 5) is 11.7. The third-order valence-corrected chi connectivity index (χ3v) is 3.54. The number of hydrogen-bond donors (Lipinski definition) is 2. The Balaban J connectivity index is 2.61. The molecule has 5 nitrogen and oxygen atoms in total. The molecule has 0 saturated heterocycles. The second-order valence-corrected chi connectivity index (χ2v) is 6.65. The van der Waals surface area contributed by atoms with Crippen LogP contribution in [0.5, 0.6) is 0 Å². The van der Waals surface area contributed by atoms with Gasteiger partial charge in [-0.05, 0) is 24.6 Å². The molecule has 0 aliphatic heterocycles. The number of sulfone groups is 1. The molecule has 0 spiro atoms. The first-order valence-corrected chi connectivity index (χ1v) is 8.25. The number of rotatable bonds is 5. The van der Waals surface area contributed by atoms with E-state index in [-0.39, 0.29) is 30.0 Å². The highest BCUT2D eigenvalue weighted by Gasteiger charge is 2.09. The highest BCUT2D eigenvalue weighted by atomic mass is 32.2. The summed E-state index contributed by atoms with van der Waals surface area (Å²) in [6, 6.07) is 3.81. The van der Waals surface area contributed by atoms with Gasteiger partial charge in [-0.25, -0.2) is 12.8 Å². The van der Waals surface area contributed by atoms with Crippen molar-refractivity contribution < 1.29 is 22.7 Å². The van der Waals surface area contributed by atoms with E-state index >= 15 is 0 Å². The first kappa shape index (κ1) is 17.1. The second kappa shape index (κ2) is 7.76. The summed E-state index contributed by atoms with van der Waals surface area (Å²) >= 11 is 0. The quantitative estimate of drug-likeness (QED) is 0.606. The van der Waals surface area contributed by atoms with Crippen molar-refractivity contribution >= 4 is 15.7 Å². The predicted molar refractivity (Wildman–Crippen MR) is 77.0 cm³/mol. The molecule has 0 aliphatic carbocycles. The van der Waals surface area contributed by atoms with E-state index in [0.29, 0.717) is 6.42 Å². The monoisotopic (exact) mass is 313 g/mol. The van der Waals surface area contributed by atoms with E-state index in [1.54, 1.807) is 0 Å². The number of carbonyl (C=O) groups excluding carboxylic acids is 1. The molecular weight excluding hydrogens is 297 g/mol. The summed E-state index contributed by atoms with van der Waals surface area (Å²) in [6.07, 6.45) is 1.42. The van der Waals surface area contributed by atoms with E-state index in [2.05, 4.69) is 17.2 Å². The zero-order chi connectivity index (χ0) is 15.9. The molecule has 0 bridgehead atoms. The minimum Gasteiger partial charge on any atom is -0.384 e. The highest BCUT2D eigenvalue weighted by molar-refractivity contribution is 7.90. The Morgan fingerprint density at radius 2 is 2.14 bits per heavy atom. The van der Waals surface area contributed by atoms with Crippen molar-refractivity contribution in [2.45, 2.75) is 6.42 Å².